The molecule has 0 saturated heterocycles. The van der Waals surface area contributed by atoms with E-state index in [2.05, 4.69) is 15.0 Å². The minimum atomic E-state index is -0.119. The first kappa shape index (κ1) is 13.6. The summed E-state index contributed by atoms with van der Waals surface area (Å²) in [5.41, 5.74) is 1.25. The quantitative estimate of drug-likeness (QED) is 0.757. The molecule has 0 fully saturated rings. The number of pyridine rings is 1. The van der Waals surface area contributed by atoms with Crippen molar-refractivity contribution < 1.29 is 4.79 Å². The Hall–Kier alpha value is -2.40. The number of hydrogen-bond donors (Lipinski definition) is 1. The van der Waals surface area contributed by atoms with Gasteiger partial charge in [0.1, 0.15) is 11.0 Å². The van der Waals surface area contributed by atoms with E-state index in [4.69, 9.17) is 11.6 Å². The Kier molecular flexibility index (Phi) is 3.58. The van der Waals surface area contributed by atoms with Crippen LogP contribution < -0.4 is 0 Å². The van der Waals surface area contributed by atoms with Crippen molar-refractivity contribution in [2.45, 2.75) is 6.54 Å². The predicted molar refractivity (Wildman–Crippen MR) is 81.1 cm³/mol. The Labute approximate surface area is 126 Å². The van der Waals surface area contributed by atoms with Gasteiger partial charge < -0.3 is 9.88 Å². The number of hydrogen-bond acceptors (Lipinski definition) is 3. The van der Waals surface area contributed by atoms with E-state index in [0.717, 1.165) is 11.2 Å². The number of benzene rings is 1. The molecule has 0 bridgehead atoms. The fourth-order valence-corrected chi connectivity index (χ4v) is 2.41. The number of rotatable bonds is 3. The van der Waals surface area contributed by atoms with Crippen molar-refractivity contribution in [3.05, 3.63) is 59.3 Å². The number of halogens is 1. The Morgan fingerprint density at radius 1 is 1.38 bits per heavy atom. The van der Waals surface area contributed by atoms with Crippen molar-refractivity contribution in [3.63, 3.8) is 0 Å². The molecule has 106 valence electrons. The van der Waals surface area contributed by atoms with Gasteiger partial charge >= 0.3 is 0 Å². The lowest BCUT2D eigenvalue weighted by Gasteiger charge is -2.17. The summed E-state index contributed by atoms with van der Waals surface area (Å²) in [4.78, 5) is 25.6. The van der Waals surface area contributed by atoms with Crippen LogP contribution >= 0.6 is 11.6 Å². The van der Waals surface area contributed by atoms with Crippen molar-refractivity contribution in [1.82, 2.24) is 19.9 Å². The van der Waals surface area contributed by atoms with Gasteiger partial charge in [-0.1, -0.05) is 29.8 Å². The van der Waals surface area contributed by atoms with Crippen LogP contribution in [0.25, 0.3) is 10.9 Å². The SMILES string of the molecule is CN(Cc1ncc[nH]1)C(=O)c1cc(Cl)nc2ccccc12. The molecule has 21 heavy (non-hydrogen) atoms. The number of nitrogens with one attached hydrogen (secondary N) is 1. The number of aromatic amines is 1. The highest BCUT2D eigenvalue weighted by Crippen LogP contribution is 2.22. The van der Waals surface area contributed by atoms with Gasteiger partial charge in [-0.25, -0.2) is 9.97 Å². The maximum absolute atomic E-state index is 12.6. The van der Waals surface area contributed by atoms with Gasteiger partial charge in [-0.05, 0) is 12.1 Å². The van der Waals surface area contributed by atoms with E-state index in [9.17, 15) is 4.79 Å². The molecule has 5 nitrogen and oxygen atoms in total. The van der Waals surface area contributed by atoms with E-state index in [0.29, 0.717) is 22.8 Å². The average Bonchev–Trinajstić information content (AvgIpc) is 2.98. The van der Waals surface area contributed by atoms with Crippen LogP contribution in [0.3, 0.4) is 0 Å². The van der Waals surface area contributed by atoms with Gasteiger partial charge in [0.05, 0.1) is 17.6 Å². The molecule has 2 aromatic heterocycles. The highest BCUT2D eigenvalue weighted by atomic mass is 35.5. The molecule has 1 amide bonds. The predicted octanol–water partition coefficient (Wildman–Crippen LogP) is 2.88. The molecule has 2 heterocycles. The number of amides is 1. The van der Waals surface area contributed by atoms with Gasteiger partial charge in [0.2, 0.25) is 0 Å². The third kappa shape index (κ3) is 2.73. The zero-order valence-corrected chi connectivity index (χ0v) is 12.1. The van der Waals surface area contributed by atoms with Crippen molar-refractivity contribution in [1.29, 1.82) is 0 Å². The Bertz CT molecular complexity index is 785. The molecule has 1 aromatic carbocycles. The van der Waals surface area contributed by atoms with Crippen LogP contribution in [0.4, 0.5) is 0 Å². The van der Waals surface area contributed by atoms with E-state index < -0.39 is 0 Å². The van der Waals surface area contributed by atoms with Gasteiger partial charge in [-0.15, -0.1) is 0 Å². The largest absolute Gasteiger partial charge is 0.347 e. The summed E-state index contributed by atoms with van der Waals surface area (Å²) in [6, 6.07) is 9.05. The Morgan fingerprint density at radius 3 is 2.95 bits per heavy atom. The number of H-pyrrole nitrogens is 1. The lowest BCUT2D eigenvalue weighted by Crippen LogP contribution is -2.27. The summed E-state index contributed by atoms with van der Waals surface area (Å²) >= 11 is 6.01. The number of aromatic nitrogens is 3. The number of carbonyl (C=O) groups excluding carboxylic acids is 1. The minimum Gasteiger partial charge on any atom is -0.347 e. The summed E-state index contributed by atoms with van der Waals surface area (Å²) in [7, 11) is 1.73. The van der Waals surface area contributed by atoms with Crippen molar-refractivity contribution in [3.8, 4) is 0 Å². The zero-order valence-electron chi connectivity index (χ0n) is 11.4. The normalized spacial score (nSPS) is 10.8. The van der Waals surface area contributed by atoms with Crippen LogP contribution in [0.5, 0.6) is 0 Å². The van der Waals surface area contributed by atoms with E-state index in [1.165, 1.54) is 0 Å². The molecule has 0 saturated carbocycles. The Balaban J connectivity index is 1.97. The summed E-state index contributed by atoms with van der Waals surface area (Å²) in [5.74, 6) is 0.613. The standard InChI is InChI=1S/C15H13ClN4O/c1-20(9-14-17-6-7-18-14)15(21)11-8-13(16)19-12-5-3-2-4-10(11)12/h2-8H,9H2,1H3,(H,17,18). The van der Waals surface area contributed by atoms with Crippen LogP contribution in [0.2, 0.25) is 5.15 Å². The molecular formula is C15H13ClN4O. The number of nitrogens with zero attached hydrogens (tertiary/aromatic N) is 3. The summed E-state index contributed by atoms with van der Waals surface area (Å²) in [6.45, 7) is 0.403. The Morgan fingerprint density at radius 2 is 2.19 bits per heavy atom. The number of para-hydroxylation sites is 1. The number of fused-ring (bicyclic) bond motifs is 1. The van der Waals surface area contributed by atoms with E-state index in [1.807, 2.05) is 24.3 Å². The van der Waals surface area contributed by atoms with Crippen LogP contribution in [-0.4, -0.2) is 32.8 Å². The maximum atomic E-state index is 12.6. The van der Waals surface area contributed by atoms with Gasteiger partial charge in [0.15, 0.2) is 0 Å². The van der Waals surface area contributed by atoms with Crippen molar-refractivity contribution in [2.75, 3.05) is 7.05 Å². The second-order valence-electron chi connectivity index (χ2n) is 4.71. The van der Waals surface area contributed by atoms with Gasteiger partial charge in [-0.3, -0.25) is 4.79 Å². The van der Waals surface area contributed by atoms with Crippen molar-refractivity contribution in [2.24, 2.45) is 0 Å². The number of imidazole rings is 1. The maximum Gasteiger partial charge on any atom is 0.254 e. The molecule has 0 atom stereocenters. The van der Waals surface area contributed by atoms with E-state index in [-0.39, 0.29) is 5.91 Å². The molecular weight excluding hydrogens is 288 g/mol. The van der Waals surface area contributed by atoms with Gasteiger partial charge in [0.25, 0.3) is 5.91 Å². The molecule has 1 N–H and O–H groups in total. The van der Waals surface area contributed by atoms with Crippen LogP contribution in [0.1, 0.15) is 16.2 Å². The third-order valence-corrected chi connectivity index (χ3v) is 3.40. The summed E-state index contributed by atoms with van der Waals surface area (Å²) in [5, 5.41) is 1.10. The van der Waals surface area contributed by atoms with E-state index >= 15 is 0 Å². The molecule has 0 aliphatic carbocycles. The molecule has 0 spiro atoms. The molecule has 3 rings (SSSR count). The van der Waals surface area contributed by atoms with Gasteiger partial charge in [-0.2, -0.15) is 0 Å². The first-order valence-corrected chi connectivity index (χ1v) is 6.82. The molecule has 6 heteroatoms. The molecule has 3 aromatic rings. The third-order valence-electron chi connectivity index (χ3n) is 3.20. The number of carbonyl (C=O) groups is 1. The fourth-order valence-electron chi connectivity index (χ4n) is 2.21. The van der Waals surface area contributed by atoms with Crippen LogP contribution in [0.15, 0.2) is 42.7 Å². The monoisotopic (exact) mass is 300 g/mol. The molecule has 0 aliphatic heterocycles. The van der Waals surface area contributed by atoms with Gasteiger partial charge in [0, 0.05) is 24.8 Å². The lowest BCUT2D eigenvalue weighted by molar-refractivity contribution is 0.0784. The first-order chi connectivity index (χ1) is 10.1. The van der Waals surface area contributed by atoms with Crippen molar-refractivity contribution >= 4 is 28.4 Å². The molecule has 0 unspecified atom stereocenters. The second kappa shape index (κ2) is 5.54. The first-order valence-electron chi connectivity index (χ1n) is 6.44. The van der Waals surface area contributed by atoms with Crippen LogP contribution in [-0.2, 0) is 6.54 Å². The zero-order chi connectivity index (χ0) is 14.8. The van der Waals surface area contributed by atoms with E-state index in [1.54, 1.807) is 30.4 Å². The highest BCUT2D eigenvalue weighted by Gasteiger charge is 2.17. The summed E-state index contributed by atoms with van der Waals surface area (Å²) in [6.07, 6.45) is 3.39. The highest BCUT2D eigenvalue weighted by molar-refractivity contribution is 6.30. The lowest BCUT2D eigenvalue weighted by atomic mass is 10.1. The molecule has 0 radical (unpaired) electrons. The second-order valence-corrected chi connectivity index (χ2v) is 5.09. The fraction of sp³-hybridized carbons (Fsp3) is 0.133. The minimum absolute atomic E-state index is 0.119. The smallest absolute Gasteiger partial charge is 0.254 e. The van der Waals surface area contributed by atoms with Crippen LogP contribution in [0, 0.1) is 0 Å². The average molecular weight is 301 g/mol. The molecule has 0 aliphatic rings. The topological polar surface area (TPSA) is 61.9 Å². The summed E-state index contributed by atoms with van der Waals surface area (Å²) < 4.78 is 0.